The summed E-state index contributed by atoms with van der Waals surface area (Å²) in [5, 5.41) is 13.9. The highest BCUT2D eigenvalue weighted by Gasteiger charge is 2.33. The first kappa shape index (κ1) is 15.1. The highest BCUT2D eigenvalue weighted by Crippen LogP contribution is 2.22. The number of amides is 1. The van der Waals surface area contributed by atoms with E-state index in [0.29, 0.717) is 35.8 Å². The molecule has 2 aromatic heterocycles. The number of aromatic nitrogens is 2. The van der Waals surface area contributed by atoms with Gasteiger partial charge in [0.25, 0.3) is 0 Å². The van der Waals surface area contributed by atoms with Gasteiger partial charge in [-0.15, -0.1) is 0 Å². The Balaban J connectivity index is 1.36. The number of nitrogens with zero attached hydrogens (tertiary/aromatic N) is 4. The van der Waals surface area contributed by atoms with Crippen molar-refractivity contribution in [3.63, 3.8) is 0 Å². The number of carbonyl (C=O) groups excluding carboxylic acids is 1. The van der Waals surface area contributed by atoms with Crippen LogP contribution in [0.3, 0.4) is 0 Å². The lowest BCUT2D eigenvalue weighted by Gasteiger charge is -2.38. The van der Waals surface area contributed by atoms with Crippen molar-refractivity contribution in [3.05, 3.63) is 53.9 Å². The summed E-state index contributed by atoms with van der Waals surface area (Å²) < 4.78 is 10.9. The molecule has 0 aliphatic carbocycles. The molecule has 1 aliphatic rings. The normalized spacial score (nSPS) is 14.1. The van der Waals surface area contributed by atoms with Gasteiger partial charge in [0.1, 0.15) is 23.4 Å². The molecule has 3 aromatic rings. The summed E-state index contributed by atoms with van der Waals surface area (Å²) in [4.78, 5) is 18.1. The van der Waals surface area contributed by atoms with Crippen molar-refractivity contribution in [2.24, 2.45) is 0 Å². The maximum absolute atomic E-state index is 12.4. The van der Waals surface area contributed by atoms with Crippen molar-refractivity contribution in [1.29, 1.82) is 5.26 Å². The van der Waals surface area contributed by atoms with Gasteiger partial charge in [0.2, 0.25) is 11.8 Å². The molecule has 1 aliphatic heterocycles. The Kier molecular flexibility index (Phi) is 3.78. The van der Waals surface area contributed by atoms with Crippen molar-refractivity contribution >= 4 is 16.9 Å². The molecular formula is C18H14N4O3. The number of ether oxygens (including phenoxy) is 1. The van der Waals surface area contributed by atoms with Gasteiger partial charge in [-0.1, -0.05) is 17.3 Å². The second-order valence-electron chi connectivity index (χ2n) is 5.81. The van der Waals surface area contributed by atoms with E-state index in [1.54, 1.807) is 23.2 Å². The van der Waals surface area contributed by atoms with Crippen LogP contribution in [-0.2, 0) is 11.2 Å². The number of carbonyl (C=O) groups is 1. The molecule has 0 bridgehead atoms. The Morgan fingerprint density at radius 2 is 2.16 bits per heavy atom. The van der Waals surface area contributed by atoms with E-state index in [1.807, 2.05) is 30.3 Å². The summed E-state index contributed by atoms with van der Waals surface area (Å²) in [7, 11) is 0. The Morgan fingerprint density at radius 3 is 3.00 bits per heavy atom. The molecule has 25 heavy (non-hydrogen) atoms. The van der Waals surface area contributed by atoms with E-state index in [0.717, 1.165) is 5.39 Å². The van der Waals surface area contributed by atoms with Gasteiger partial charge in [0.05, 0.1) is 19.5 Å². The summed E-state index contributed by atoms with van der Waals surface area (Å²) in [6.07, 6.45) is 1.62. The number of likely N-dealkylation sites (tertiary alicyclic amines) is 1. The van der Waals surface area contributed by atoms with Crippen LogP contribution in [0.2, 0.25) is 0 Å². The molecule has 124 valence electrons. The van der Waals surface area contributed by atoms with Gasteiger partial charge in [0, 0.05) is 11.6 Å². The SMILES string of the molecule is N#Cc1cccnc1OC1CN(C(=O)Cc2noc3ccccc23)C1. The van der Waals surface area contributed by atoms with E-state index < -0.39 is 0 Å². The fraction of sp³-hybridized carbons (Fsp3) is 0.222. The van der Waals surface area contributed by atoms with Crippen LogP contribution in [0.4, 0.5) is 0 Å². The predicted octanol–water partition coefficient (Wildman–Crippen LogP) is 1.93. The van der Waals surface area contributed by atoms with Crippen LogP contribution in [0.1, 0.15) is 11.3 Å². The van der Waals surface area contributed by atoms with Gasteiger partial charge in [-0.05, 0) is 24.3 Å². The van der Waals surface area contributed by atoms with Crippen molar-refractivity contribution < 1.29 is 14.1 Å². The summed E-state index contributed by atoms with van der Waals surface area (Å²) in [6, 6.07) is 12.8. The van der Waals surface area contributed by atoms with E-state index in [-0.39, 0.29) is 18.4 Å². The zero-order valence-electron chi connectivity index (χ0n) is 13.3. The Hall–Kier alpha value is -3.40. The number of para-hydroxylation sites is 1. The second kappa shape index (κ2) is 6.24. The van der Waals surface area contributed by atoms with Crippen LogP contribution in [0.5, 0.6) is 5.88 Å². The number of pyridine rings is 1. The minimum Gasteiger partial charge on any atom is -0.470 e. The lowest BCUT2D eigenvalue weighted by molar-refractivity contribution is -0.139. The van der Waals surface area contributed by atoms with Gasteiger partial charge >= 0.3 is 0 Å². The Bertz CT molecular complexity index is 970. The molecule has 0 saturated carbocycles. The highest BCUT2D eigenvalue weighted by molar-refractivity contribution is 5.86. The summed E-state index contributed by atoms with van der Waals surface area (Å²) >= 11 is 0. The summed E-state index contributed by atoms with van der Waals surface area (Å²) in [6.45, 7) is 0.937. The molecule has 1 aromatic carbocycles. The third-order valence-electron chi connectivity index (χ3n) is 4.14. The number of benzene rings is 1. The molecule has 1 fully saturated rings. The van der Waals surface area contributed by atoms with E-state index >= 15 is 0 Å². The zero-order chi connectivity index (χ0) is 17.2. The van der Waals surface area contributed by atoms with E-state index in [9.17, 15) is 4.79 Å². The molecule has 0 unspecified atom stereocenters. The molecule has 1 saturated heterocycles. The fourth-order valence-electron chi connectivity index (χ4n) is 2.76. The maximum Gasteiger partial charge on any atom is 0.232 e. The molecular weight excluding hydrogens is 320 g/mol. The van der Waals surface area contributed by atoms with Crippen LogP contribution in [-0.4, -0.2) is 40.1 Å². The van der Waals surface area contributed by atoms with Crippen molar-refractivity contribution in [1.82, 2.24) is 15.0 Å². The summed E-state index contributed by atoms with van der Waals surface area (Å²) in [5.74, 6) is 0.282. The Morgan fingerprint density at radius 1 is 1.32 bits per heavy atom. The third kappa shape index (κ3) is 2.90. The molecule has 7 nitrogen and oxygen atoms in total. The molecule has 4 rings (SSSR count). The average Bonchev–Trinajstić information content (AvgIpc) is 3.01. The monoisotopic (exact) mass is 334 g/mol. The number of hydrogen-bond acceptors (Lipinski definition) is 6. The van der Waals surface area contributed by atoms with Crippen LogP contribution in [0, 0.1) is 11.3 Å². The highest BCUT2D eigenvalue weighted by atomic mass is 16.5. The molecule has 1 amide bonds. The minimum absolute atomic E-state index is 0.0274. The lowest BCUT2D eigenvalue weighted by Crippen LogP contribution is -2.56. The second-order valence-corrected chi connectivity index (χ2v) is 5.81. The van der Waals surface area contributed by atoms with Gasteiger partial charge in [-0.25, -0.2) is 4.98 Å². The van der Waals surface area contributed by atoms with Crippen LogP contribution >= 0.6 is 0 Å². The molecule has 0 N–H and O–H groups in total. The average molecular weight is 334 g/mol. The number of rotatable bonds is 4. The van der Waals surface area contributed by atoms with E-state index in [4.69, 9.17) is 14.5 Å². The minimum atomic E-state index is -0.153. The first-order chi connectivity index (χ1) is 12.2. The number of fused-ring (bicyclic) bond motifs is 1. The Labute approximate surface area is 143 Å². The topological polar surface area (TPSA) is 92.2 Å². The van der Waals surface area contributed by atoms with Crippen molar-refractivity contribution in [3.8, 4) is 11.9 Å². The van der Waals surface area contributed by atoms with Crippen LogP contribution < -0.4 is 4.74 Å². The molecule has 7 heteroatoms. The number of hydrogen-bond donors (Lipinski definition) is 0. The lowest BCUT2D eigenvalue weighted by atomic mass is 10.1. The van der Waals surface area contributed by atoms with Gasteiger partial charge < -0.3 is 14.2 Å². The van der Waals surface area contributed by atoms with Crippen LogP contribution in [0.15, 0.2) is 47.1 Å². The quantitative estimate of drug-likeness (QED) is 0.724. The van der Waals surface area contributed by atoms with Gasteiger partial charge in [-0.2, -0.15) is 5.26 Å². The molecule has 0 spiro atoms. The first-order valence-corrected chi connectivity index (χ1v) is 7.87. The first-order valence-electron chi connectivity index (χ1n) is 7.87. The maximum atomic E-state index is 12.4. The zero-order valence-corrected chi connectivity index (χ0v) is 13.3. The molecule has 3 heterocycles. The van der Waals surface area contributed by atoms with Crippen molar-refractivity contribution in [2.75, 3.05) is 13.1 Å². The predicted molar refractivity (Wildman–Crippen MR) is 87.7 cm³/mol. The van der Waals surface area contributed by atoms with Crippen LogP contribution in [0.25, 0.3) is 11.0 Å². The molecule has 0 atom stereocenters. The van der Waals surface area contributed by atoms with Gasteiger partial charge in [0.15, 0.2) is 5.58 Å². The van der Waals surface area contributed by atoms with Gasteiger partial charge in [-0.3, -0.25) is 4.79 Å². The number of nitriles is 1. The smallest absolute Gasteiger partial charge is 0.232 e. The standard InChI is InChI=1S/C18H14N4O3/c19-9-12-4-3-7-20-18(12)24-13-10-22(11-13)17(23)8-15-14-5-1-2-6-16(14)25-21-15/h1-7,13H,8,10-11H2. The molecule has 0 radical (unpaired) electrons. The third-order valence-corrected chi connectivity index (χ3v) is 4.14. The fourth-order valence-corrected chi connectivity index (χ4v) is 2.76. The largest absolute Gasteiger partial charge is 0.470 e. The van der Waals surface area contributed by atoms with E-state index in [2.05, 4.69) is 10.1 Å². The van der Waals surface area contributed by atoms with Crippen molar-refractivity contribution in [2.45, 2.75) is 12.5 Å². The summed E-state index contributed by atoms with van der Waals surface area (Å²) in [5.41, 5.74) is 1.71. The van der Waals surface area contributed by atoms with E-state index in [1.165, 1.54) is 0 Å².